The fourth-order valence-corrected chi connectivity index (χ4v) is 5.47. The van der Waals surface area contributed by atoms with E-state index in [1.807, 2.05) is 0 Å². The molecular weight excluding hydrogens is 288 g/mol. The smallest absolute Gasteiger partial charge is 0.230 e. The van der Waals surface area contributed by atoms with Crippen LogP contribution in [0, 0.1) is 11.3 Å². The summed E-state index contributed by atoms with van der Waals surface area (Å²) in [5.41, 5.74) is -0.0720. The number of ether oxygens (including phenoxy) is 1. The SMILES string of the molecule is O=C(N1CCC(OC2CCCC2)CC1)[C@@]12CCCC[C@H]1CNC2. The monoisotopic (exact) mass is 320 g/mol. The minimum atomic E-state index is -0.0720. The van der Waals surface area contributed by atoms with Crippen LogP contribution in [0.2, 0.25) is 0 Å². The van der Waals surface area contributed by atoms with Crippen molar-refractivity contribution in [2.45, 2.75) is 76.4 Å². The molecule has 4 fully saturated rings. The van der Waals surface area contributed by atoms with Crippen molar-refractivity contribution in [1.29, 1.82) is 0 Å². The molecule has 2 atom stereocenters. The number of likely N-dealkylation sites (tertiary alicyclic amines) is 1. The highest BCUT2D eigenvalue weighted by Gasteiger charge is 2.51. The number of rotatable bonds is 3. The Labute approximate surface area is 140 Å². The lowest BCUT2D eigenvalue weighted by Crippen LogP contribution is -2.52. The topological polar surface area (TPSA) is 41.6 Å². The fraction of sp³-hybridized carbons (Fsp3) is 0.947. The first kappa shape index (κ1) is 15.9. The Hall–Kier alpha value is -0.610. The van der Waals surface area contributed by atoms with Crippen LogP contribution >= 0.6 is 0 Å². The molecule has 1 N–H and O–H groups in total. The maximum absolute atomic E-state index is 13.3. The Morgan fingerprint density at radius 1 is 0.957 bits per heavy atom. The van der Waals surface area contributed by atoms with Crippen molar-refractivity contribution >= 4 is 5.91 Å². The highest BCUT2D eigenvalue weighted by atomic mass is 16.5. The third kappa shape index (κ3) is 3.05. The van der Waals surface area contributed by atoms with Gasteiger partial charge in [-0.15, -0.1) is 0 Å². The normalized spacial score (nSPS) is 36.3. The first-order valence-electron chi connectivity index (χ1n) is 9.93. The summed E-state index contributed by atoms with van der Waals surface area (Å²) >= 11 is 0. The second-order valence-electron chi connectivity index (χ2n) is 8.26. The van der Waals surface area contributed by atoms with Gasteiger partial charge in [0.15, 0.2) is 0 Å². The minimum absolute atomic E-state index is 0.0720. The van der Waals surface area contributed by atoms with Crippen LogP contribution in [-0.2, 0) is 9.53 Å². The first-order valence-corrected chi connectivity index (χ1v) is 9.93. The average Bonchev–Trinajstić information content (AvgIpc) is 3.24. The largest absolute Gasteiger partial charge is 0.375 e. The molecule has 2 saturated carbocycles. The molecule has 0 unspecified atom stereocenters. The van der Waals surface area contributed by atoms with Gasteiger partial charge in [0, 0.05) is 19.6 Å². The number of amides is 1. The van der Waals surface area contributed by atoms with Gasteiger partial charge in [-0.25, -0.2) is 0 Å². The summed E-state index contributed by atoms with van der Waals surface area (Å²) in [5.74, 6) is 1.03. The van der Waals surface area contributed by atoms with E-state index in [1.165, 1.54) is 44.9 Å². The van der Waals surface area contributed by atoms with Gasteiger partial charge < -0.3 is 15.0 Å². The van der Waals surface area contributed by atoms with Gasteiger partial charge in [-0.2, -0.15) is 0 Å². The highest BCUT2D eigenvalue weighted by Crippen LogP contribution is 2.45. The molecule has 2 heterocycles. The zero-order chi connectivity index (χ0) is 15.7. The fourth-order valence-electron chi connectivity index (χ4n) is 5.47. The molecule has 23 heavy (non-hydrogen) atoms. The van der Waals surface area contributed by atoms with Crippen LogP contribution in [0.4, 0.5) is 0 Å². The number of hydrogen-bond donors (Lipinski definition) is 1. The molecular formula is C19H32N2O2. The van der Waals surface area contributed by atoms with Crippen LogP contribution in [0.5, 0.6) is 0 Å². The van der Waals surface area contributed by atoms with Gasteiger partial charge in [0.2, 0.25) is 5.91 Å². The van der Waals surface area contributed by atoms with E-state index in [4.69, 9.17) is 4.74 Å². The van der Waals surface area contributed by atoms with Crippen LogP contribution in [0.25, 0.3) is 0 Å². The summed E-state index contributed by atoms with van der Waals surface area (Å²) < 4.78 is 6.26. The van der Waals surface area contributed by atoms with Gasteiger partial charge in [0.05, 0.1) is 17.6 Å². The summed E-state index contributed by atoms with van der Waals surface area (Å²) in [7, 11) is 0. The van der Waals surface area contributed by atoms with Gasteiger partial charge in [-0.3, -0.25) is 4.79 Å². The van der Waals surface area contributed by atoms with Crippen molar-refractivity contribution in [3.8, 4) is 0 Å². The second kappa shape index (κ2) is 6.72. The van der Waals surface area contributed by atoms with Gasteiger partial charge in [-0.1, -0.05) is 25.7 Å². The molecule has 0 aromatic rings. The lowest BCUT2D eigenvalue weighted by atomic mass is 9.67. The molecule has 2 aliphatic heterocycles. The van der Waals surface area contributed by atoms with E-state index < -0.39 is 0 Å². The molecule has 0 radical (unpaired) electrons. The maximum atomic E-state index is 13.3. The van der Waals surface area contributed by atoms with Crippen LogP contribution < -0.4 is 5.32 Å². The Morgan fingerprint density at radius 2 is 1.65 bits per heavy atom. The zero-order valence-corrected chi connectivity index (χ0v) is 14.4. The van der Waals surface area contributed by atoms with Gasteiger partial charge in [0.25, 0.3) is 0 Å². The summed E-state index contributed by atoms with van der Waals surface area (Å²) in [6, 6.07) is 0. The summed E-state index contributed by atoms with van der Waals surface area (Å²) in [6.45, 7) is 3.78. The quantitative estimate of drug-likeness (QED) is 0.869. The highest BCUT2D eigenvalue weighted by molar-refractivity contribution is 5.84. The third-order valence-corrected chi connectivity index (χ3v) is 6.88. The number of carbonyl (C=O) groups excluding carboxylic acids is 1. The minimum Gasteiger partial charge on any atom is -0.375 e. The molecule has 4 nitrogen and oxygen atoms in total. The van der Waals surface area contributed by atoms with Crippen LogP contribution in [0.1, 0.15) is 64.2 Å². The molecule has 0 spiro atoms. The van der Waals surface area contributed by atoms with Gasteiger partial charge >= 0.3 is 0 Å². The molecule has 1 amide bonds. The van der Waals surface area contributed by atoms with E-state index in [-0.39, 0.29) is 5.41 Å². The summed E-state index contributed by atoms with van der Waals surface area (Å²) in [4.78, 5) is 15.4. The Morgan fingerprint density at radius 3 is 2.43 bits per heavy atom. The van der Waals surface area contributed by atoms with E-state index in [0.29, 0.717) is 24.0 Å². The number of piperidine rings is 1. The molecule has 0 aromatic carbocycles. The molecule has 0 bridgehead atoms. The molecule has 4 aliphatic rings. The maximum Gasteiger partial charge on any atom is 0.230 e. The van der Waals surface area contributed by atoms with Crippen molar-refractivity contribution in [2.75, 3.05) is 26.2 Å². The number of fused-ring (bicyclic) bond motifs is 1. The van der Waals surface area contributed by atoms with Crippen LogP contribution in [0.15, 0.2) is 0 Å². The Kier molecular flexibility index (Phi) is 4.64. The molecule has 130 valence electrons. The van der Waals surface area contributed by atoms with E-state index in [0.717, 1.165) is 45.4 Å². The number of carbonyl (C=O) groups is 1. The van der Waals surface area contributed by atoms with Crippen molar-refractivity contribution in [3.63, 3.8) is 0 Å². The zero-order valence-electron chi connectivity index (χ0n) is 14.4. The molecule has 2 aliphatic carbocycles. The van der Waals surface area contributed by atoms with Crippen molar-refractivity contribution in [1.82, 2.24) is 10.2 Å². The molecule has 2 saturated heterocycles. The number of nitrogens with zero attached hydrogens (tertiary/aromatic N) is 1. The molecule has 4 heteroatoms. The average molecular weight is 320 g/mol. The lowest BCUT2D eigenvalue weighted by molar-refractivity contribution is -0.148. The standard InChI is InChI=1S/C19H32N2O2/c22-18(19-10-4-3-5-15(19)13-20-14-19)21-11-8-17(9-12-21)23-16-6-1-2-7-16/h15-17,20H,1-14H2/t15-,19+/m0/s1. The van der Waals surface area contributed by atoms with Crippen molar-refractivity contribution < 1.29 is 9.53 Å². The van der Waals surface area contributed by atoms with E-state index in [9.17, 15) is 4.79 Å². The predicted molar refractivity (Wildman–Crippen MR) is 90.2 cm³/mol. The van der Waals surface area contributed by atoms with E-state index >= 15 is 0 Å². The second-order valence-corrected chi connectivity index (χ2v) is 8.26. The third-order valence-electron chi connectivity index (χ3n) is 6.88. The number of hydrogen-bond acceptors (Lipinski definition) is 3. The van der Waals surface area contributed by atoms with Gasteiger partial charge in [0.1, 0.15) is 0 Å². The molecule has 0 aromatic heterocycles. The van der Waals surface area contributed by atoms with Crippen LogP contribution in [0.3, 0.4) is 0 Å². The first-order chi connectivity index (χ1) is 11.3. The summed E-state index contributed by atoms with van der Waals surface area (Å²) in [6.07, 6.45) is 13.0. The predicted octanol–water partition coefficient (Wildman–Crippen LogP) is 2.72. The van der Waals surface area contributed by atoms with Crippen LogP contribution in [-0.4, -0.2) is 49.2 Å². The van der Waals surface area contributed by atoms with Gasteiger partial charge in [-0.05, 0) is 51.0 Å². The van der Waals surface area contributed by atoms with E-state index in [2.05, 4.69) is 10.2 Å². The van der Waals surface area contributed by atoms with Crippen molar-refractivity contribution in [3.05, 3.63) is 0 Å². The lowest BCUT2D eigenvalue weighted by Gasteiger charge is -2.43. The number of nitrogens with one attached hydrogen (secondary N) is 1. The van der Waals surface area contributed by atoms with E-state index in [1.54, 1.807) is 0 Å². The van der Waals surface area contributed by atoms with Crippen molar-refractivity contribution in [2.24, 2.45) is 11.3 Å². The summed E-state index contributed by atoms with van der Waals surface area (Å²) in [5, 5.41) is 3.51. The Balaban J connectivity index is 1.33. The Bertz CT molecular complexity index is 427. The molecule has 4 rings (SSSR count).